The summed E-state index contributed by atoms with van der Waals surface area (Å²) in [5, 5.41) is 4.22. The van der Waals surface area contributed by atoms with E-state index < -0.39 is 11.7 Å². The predicted octanol–water partition coefficient (Wildman–Crippen LogP) is 4.16. The Bertz CT molecular complexity index is 558. The van der Waals surface area contributed by atoms with E-state index in [1.165, 1.54) is 11.3 Å². The number of rotatable bonds is 2. The molecule has 0 bridgehead atoms. The highest BCUT2D eigenvalue weighted by molar-refractivity contribution is 7.19. The summed E-state index contributed by atoms with van der Waals surface area (Å²) in [5.41, 5.74) is 0.529. The Labute approximate surface area is 116 Å². The molecule has 2 aromatic rings. The third-order valence-corrected chi connectivity index (χ3v) is 3.11. The number of hydrogen-bond donors (Lipinski definition) is 1. The van der Waals surface area contributed by atoms with Crippen molar-refractivity contribution in [2.75, 3.05) is 5.32 Å². The molecule has 1 amide bonds. The number of carbonyl (C=O) groups is 1. The van der Waals surface area contributed by atoms with Gasteiger partial charge in [-0.05, 0) is 20.8 Å². The van der Waals surface area contributed by atoms with Crippen LogP contribution in [0.4, 0.5) is 9.80 Å². The molecule has 0 radical (unpaired) electrons. The van der Waals surface area contributed by atoms with Crippen LogP contribution in [-0.2, 0) is 4.74 Å². The van der Waals surface area contributed by atoms with Crippen LogP contribution in [0.1, 0.15) is 20.8 Å². The highest BCUT2D eigenvalue weighted by Gasteiger charge is 2.17. The van der Waals surface area contributed by atoms with Crippen LogP contribution in [0.5, 0.6) is 0 Å². The smallest absolute Gasteiger partial charge is 0.412 e. The molecule has 0 saturated carbocycles. The normalized spacial score (nSPS) is 11.1. The van der Waals surface area contributed by atoms with Crippen LogP contribution in [-0.4, -0.2) is 16.7 Å². The molecule has 5 heteroatoms. The molecule has 1 heterocycles. The van der Waals surface area contributed by atoms with Crippen LogP contribution in [0.25, 0.3) is 10.6 Å². The zero-order chi connectivity index (χ0) is 13.9. The number of thiazole rings is 1. The molecular weight excluding hydrogens is 260 g/mol. The van der Waals surface area contributed by atoms with E-state index in [0.29, 0.717) is 5.00 Å². The number of nitrogens with one attached hydrogen (secondary N) is 1. The van der Waals surface area contributed by atoms with Crippen molar-refractivity contribution in [3.8, 4) is 10.6 Å². The summed E-state index contributed by atoms with van der Waals surface area (Å²) in [4.78, 5) is 15.9. The van der Waals surface area contributed by atoms with E-state index >= 15 is 0 Å². The van der Waals surface area contributed by atoms with Crippen molar-refractivity contribution < 1.29 is 9.53 Å². The van der Waals surface area contributed by atoms with Gasteiger partial charge >= 0.3 is 6.09 Å². The molecule has 19 heavy (non-hydrogen) atoms. The molecule has 0 spiro atoms. The van der Waals surface area contributed by atoms with Crippen molar-refractivity contribution in [3.05, 3.63) is 36.5 Å². The van der Waals surface area contributed by atoms with Gasteiger partial charge in [-0.3, -0.25) is 5.32 Å². The largest absolute Gasteiger partial charge is 0.444 e. The van der Waals surface area contributed by atoms with Gasteiger partial charge in [0.05, 0.1) is 6.20 Å². The molecule has 100 valence electrons. The summed E-state index contributed by atoms with van der Waals surface area (Å²) >= 11 is 1.42. The van der Waals surface area contributed by atoms with Crippen molar-refractivity contribution >= 4 is 22.4 Å². The van der Waals surface area contributed by atoms with Crippen LogP contribution in [0.2, 0.25) is 0 Å². The number of hydrogen-bond acceptors (Lipinski definition) is 4. The molecule has 4 nitrogen and oxygen atoms in total. The predicted molar refractivity (Wildman–Crippen MR) is 77.4 cm³/mol. The highest BCUT2D eigenvalue weighted by atomic mass is 32.1. The number of aromatic nitrogens is 1. The van der Waals surface area contributed by atoms with Crippen LogP contribution in [0, 0.1) is 0 Å². The lowest BCUT2D eigenvalue weighted by molar-refractivity contribution is 0.0636. The lowest BCUT2D eigenvalue weighted by Gasteiger charge is -2.19. The van der Waals surface area contributed by atoms with E-state index in [9.17, 15) is 4.79 Å². The van der Waals surface area contributed by atoms with E-state index in [4.69, 9.17) is 4.74 Å². The van der Waals surface area contributed by atoms with Gasteiger partial charge < -0.3 is 4.74 Å². The van der Waals surface area contributed by atoms with Crippen molar-refractivity contribution in [1.82, 2.24) is 4.98 Å². The van der Waals surface area contributed by atoms with Gasteiger partial charge in [-0.25, -0.2) is 9.78 Å². The van der Waals surface area contributed by atoms with Gasteiger partial charge in [-0.15, -0.1) is 0 Å². The molecular formula is C14H16N2O2S. The molecule has 1 aromatic heterocycles. The van der Waals surface area contributed by atoms with Gasteiger partial charge in [-0.1, -0.05) is 41.7 Å². The Morgan fingerprint density at radius 1 is 1.26 bits per heavy atom. The average molecular weight is 276 g/mol. The average Bonchev–Trinajstić information content (AvgIpc) is 2.76. The number of benzene rings is 1. The van der Waals surface area contributed by atoms with Crippen LogP contribution < -0.4 is 5.32 Å². The zero-order valence-electron chi connectivity index (χ0n) is 11.1. The summed E-state index contributed by atoms with van der Waals surface area (Å²) in [6.45, 7) is 5.48. The fourth-order valence-corrected chi connectivity index (χ4v) is 2.26. The second-order valence-electron chi connectivity index (χ2n) is 5.02. The van der Waals surface area contributed by atoms with Gasteiger partial charge in [0.15, 0.2) is 0 Å². The summed E-state index contributed by atoms with van der Waals surface area (Å²) in [6.07, 6.45) is 1.17. The third kappa shape index (κ3) is 4.06. The first-order chi connectivity index (χ1) is 8.94. The van der Waals surface area contributed by atoms with E-state index in [2.05, 4.69) is 10.3 Å². The Kier molecular flexibility index (Phi) is 3.85. The standard InChI is InChI=1S/C14H16N2O2S/c1-14(2,3)18-13(17)16-11-9-15-12(19-11)10-7-5-4-6-8-10/h4-9H,1-3H3,(H,16,17). The van der Waals surface area contributed by atoms with Crippen molar-refractivity contribution in [2.24, 2.45) is 0 Å². The van der Waals surface area contributed by atoms with Crippen molar-refractivity contribution in [1.29, 1.82) is 0 Å². The number of ether oxygens (including phenoxy) is 1. The first kappa shape index (κ1) is 13.5. The maximum atomic E-state index is 11.6. The lowest BCUT2D eigenvalue weighted by atomic mass is 10.2. The van der Waals surface area contributed by atoms with Gasteiger partial charge in [0.25, 0.3) is 0 Å². The molecule has 0 aliphatic rings. The summed E-state index contributed by atoms with van der Waals surface area (Å²) in [6, 6.07) is 9.83. The SMILES string of the molecule is CC(C)(C)OC(=O)Nc1cnc(-c2ccccc2)s1. The number of carbonyl (C=O) groups excluding carboxylic acids is 1. The van der Waals surface area contributed by atoms with E-state index in [1.54, 1.807) is 6.20 Å². The number of anilines is 1. The second-order valence-corrected chi connectivity index (χ2v) is 6.05. The van der Waals surface area contributed by atoms with Crippen LogP contribution in [0.15, 0.2) is 36.5 Å². The van der Waals surface area contributed by atoms with E-state index in [1.807, 2.05) is 51.1 Å². The molecule has 1 N–H and O–H groups in total. The maximum absolute atomic E-state index is 11.6. The zero-order valence-corrected chi connectivity index (χ0v) is 12.0. The highest BCUT2D eigenvalue weighted by Crippen LogP contribution is 2.28. The van der Waals surface area contributed by atoms with Gasteiger partial charge in [0.1, 0.15) is 15.6 Å². The number of nitrogens with zero attached hydrogens (tertiary/aromatic N) is 1. The first-order valence-corrected chi connectivity index (χ1v) is 6.77. The Balaban J connectivity index is 2.04. The topological polar surface area (TPSA) is 51.2 Å². The molecule has 0 unspecified atom stereocenters. The van der Waals surface area contributed by atoms with E-state index in [0.717, 1.165) is 10.6 Å². The van der Waals surface area contributed by atoms with Crippen LogP contribution in [0.3, 0.4) is 0 Å². The summed E-state index contributed by atoms with van der Waals surface area (Å²) in [5.74, 6) is 0. The van der Waals surface area contributed by atoms with Crippen molar-refractivity contribution in [2.45, 2.75) is 26.4 Å². The maximum Gasteiger partial charge on any atom is 0.412 e. The molecule has 0 atom stereocenters. The molecule has 1 aromatic carbocycles. The minimum Gasteiger partial charge on any atom is -0.444 e. The minimum atomic E-state index is -0.503. The summed E-state index contributed by atoms with van der Waals surface area (Å²) < 4.78 is 5.19. The minimum absolute atomic E-state index is 0.462. The van der Waals surface area contributed by atoms with E-state index in [-0.39, 0.29) is 0 Å². The van der Waals surface area contributed by atoms with Crippen molar-refractivity contribution in [3.63, 3.8) is 0 Å². The quantitative estimate of drug-likeness (QED) is 0.896. The Morgan fingerprint density at radius 3 is 2.58 bits per heavy atom. The molecule has 0 aliphatic carbocycles. The first-order valence-electron chi connectivity index (χ1n) is 5.95. The Hall–Kier alpha value is -1.88. The fourth-order valence-electron chi connectivity index (χ4n) is 1.45. The number of amides is 1. The molecule has 0 aliphatic heterocycles. The third-order valence-electron chi connectivity index (χ3n) is 2.15. The van der Waals surface area contributed by atoms with Crippen LogP contribution >= 0.6 is 11.3 Å². The molecule has 0 saturated heterocycles. The van der Waals surface area contributed by atoms with Gasteiger partial charge in [0.2, 0.25) is 0 Å². The molecule has 0 fully saturated rings. The fraction of sp³-hybridized carbons (Fsp3) is 0.286. The second kappa shape index (κ2) is 5.40. The van der Waals surface area contributed by atoms with Gasteiger partial charge in [-0.2, -0.15) is 0 Å². The molecule has 2 rings (SSSR count). The Morgan fingerprint density at radius 2 is 1.95 bits per heavy atom. The van der Waals surface area contributed by atoms with Gasteiger partial charge in [0, 0.05) is 5.56 Å². The monoisotopic (exact) mass is 276 g/mol. The summed E-state index contributed by atoms with van der Waals surface area (Å²) in [7, 11) is 0. The lowest BCUT2D eigenvalue weighted by Crippen LogP contribution is -2.26.